The van der Waals surface area contributed by atoms with Crippen molar-refractivity contribution in [2.24, 2.45) is 0 Å². The number of methoxy groups -OCH3 is 1. The number of aromatic nitrogens is 2. The van der Waals surface area contributed by atoms with Gasteiger partial charge in [0.05, 0.1) is 11.0 Å². The molecule has 0 aliphatic carbocycles. The number of aromatic amines is 1. The van der Waals surface area contributed by atoms with Gasteiger partial charge in [-0.3, -0.25) is 0 Å². The molecule has 0 unspecified atom stereocenters. The number of imidazole rings is 1. The van der Waals surface area contributed by atoms with Gasteiger partial charge in [-0.15, -0.1) is 0 Å². The Bertz CT molecular complexity index is 576. The molecule has 1 N–H and O–H groups in total. The van der Waals surface area contributed by atoms with Crippen LogP contribution in [0.5, 0.6) is 0 Å². The van der Waals surface area contributed by atoms with Crippen molar-refractivity contribution < 1.29 is 4.74 Å². The molecule has 3 nitrogen and oxygen atoms in total. The van der Waals surface area contributed by atoms with Crippen molar-refractivity contribution in [2.45, 2.75) is 25.8 Å². The van der Waals surface area contributed by atoms with Crippen LogP contribution in [0.2, 0.25) is 5.02 Å². The zero-order valence-electron chi connectivity index (χ0n) is 10.4. The lowest BCUT2D eigenvalue weighted by molar-refractivity contribution is 0.191. The Morgan fingerprint density at radius 3 is 2.94 bits per heavy atom. The van der Waals surface area contributed by atoms with Crippen LogP contribution in [0.15, 0.2) is 18.2 Å². The second kappa shape index (κ2) is 6.36. The van der Waals surface area contributed by atoms with E-state index in [1.807, 2.05) is 18.2 Å². The summed E-state index contributed by atoms with van der Waals surface area (Å²) in [5, 5.41) is 0.740. The molecule has 1 aromatic heterocycles. The van der Waals surface area contributed by atoms with E-state index in [1.54, 1.807) is 7.11 Å². The predicted molar refractivity (Wildman–Crippen MR) is 77.9 cm³/mol. The van der Waals surface area contributed by atoms with Gasteiger partial charge in [-0.1, -0.05) is 11.6 Å². The Morgan fingerprint density at radius 1 is 1.33 bits per heavy atom. The van der Waals surface area contributed by atoms with Crippen LogP contribution < -0.4 is 0 Å². The fraction of sp³-hybridized carbons (Fsp3) is 0.462. The number of ether oxygens (including phenoxy) is 1. The first-order valence-corrected chi connectivity index (χ1v) is 6.88. The Balaban J connectivity index is 2.10. The van der Waals surface area contributed by atoms with Crippen molar-refractivity contribution in [1.29, 1.82) is 0 Å². The first-order valence-electron chi connectivity index (χ1n) is 6.09. The second-order valence-corrected chi connectivity index (χ2v) is 5.12. The van der Waals surface area contributed by atoms with Crippen LogP contribution >= 0.6 is 23.8 Å². The third kappa shape index (κ3) is 3.13. The molecule has 0 amide bonds. The minimum atomic E-state index is 0.740. The maximum Gasteiger partial charge on any atom is 0.178 e. The molecule has 2 aromatic rings. The van der Waals surface area contributed by atoms with Crippen LogP contribution in [0.4, 0.5) is 0 Å². The van der Waals surface area contributed by atoms with Gasteiger partial charge >= 0.3 is 0 Å². The molecule has 1 heterocycles. The summed E-state index contributed by atoms with van der Waals surface area (Å²) in [5.74, 6) is 0. The summed E-state index contributed by atoms with van der Waals surface area (Å²) < 4.78 is 7.92. The van der Waals surface area contributed by atoms with Gasteiger partial charge in [-0.05, 0) is 49.7 Å². The fourth-order valence-electron chi connectivity index (χ4n) is 2.04. The smallest absolute Gasteiger partial charge is 0.178 e. The minimum Gasteiger partial charge on any atom is -0.385 e. The number of rotatable bonds is 6. The van der Waals surface area contributed by atoms with Gasteiger partial charge in [0.1, 0.15) is 0 Å². The van der Waals surface area contributed by atoms with Crippen LogP contribution in [0.25, 0.3) is 11.0 Å². The van der Waals surface area contributed by atoms with Gasteiger partial charge in [-0.2, -0.15) is 0 Å². The summed E-state index contributed by atoms with van der Waals surface area (Å²) in [6, 6.07) is 5.80. The summed E-state index contributed by atoms with van der Waals surface area (Å²) in [5.41, 5.74) is 2.13. The number of aryl methyl sites for hydroxylation is 1. The Hall–Kier alpha value is -0.840. The van der Waals surface area contributed by atoms with Crippen LogP contribution in [0, 0.1) is 4.77 Å². The molecule has 0 spiro atoms. The summed E-state index contributed by atoms with van der Waals surface area (Å²) in [6.45, 7) is 1.74. The lowest BCUT2D eigenvalue weighted by Crippen LogP contribution is -1.99. The monoisotopic (exact) mass is 284 g/mol. The predicted octanol–water partition coefficient (Wildman–Crippen LogP) is 4.17. The fourth-order valence-corrected chi connectivity index (χ4v) is 2.51. The van der Waals surface area contributed by atoms with E-state index in [1.165, 1.54) is 0 Å². The van der Waals surface area contributed by atoms with E-state index in [-0.39, 0.29) is 0 Å². The zero-order chi connectivity index (χ0) is 13.0. The highest BCUT2D eigenvalue weighted by Crippen LogP contribution is 2.19. The highest BCUT2D eigenvalue weighted by molar-refractivity contribution is 7.71. The molecular formula is C13H17ClN2OS. The van der Waals surface area contributed by atoms with Gasteiger partial charge in [0, 0.05) is 25.3 Å². The number of unbranched alkanes of at least 4 members (excludes halogenated alkanes) is 2. The first kappa shape index (κ1) is 13.6. The van der Waals surface area contributed by atoms with Crippen molar-refractivity contribution >= 4 is 34.9 Å². The van der Waals surface area contributed by atoms with Crippen molar-refractivity contribution in [3.8, 4) is 0 Å². The molecule has 0 bridgehead atoms. The average Bonchev–Trinajstić information content (AvgIpc) is 2.65. The highest BCUT2D eigenvalue weighted by Gasteiger charge is 2.04. The largest absolute Gasteiger partial charge is 0.385 e. The quantitative estimate of drug-likeness (QED) is 0.637. The lowest BCUT2D eigenvalue weighted by Gasteiger charge is -2.04. The molecule has 5 heteroatoms. The van der Waals surface area contributed by atoms with E-state index < -0.39 is 0 Å². The minimum absolute atomic E-state index is 0.740. The number of halogens is 1. The normalized spacial score (nSPS) is 11.2. The molecule has 0 atom stereocenters. The van der Waals surface area contributed by atoms with E-state index in [4.69, 9.17) is 28.6 Å². The number of hydrogen-bond acceptors (Lipinski definition) is 2. The number of H-pyrrole nitrogens is 1. The summed E-state index contributed by atoms with van der Waals surface area (Å²) in [6.07, 6.45) is 3.33. The average molecular weight is 285 g/mol. The molecule has 0 aliphatic heterocycles. The number of nitrogens with zero attached hydrogens (tertiary/aromatic N) is 1. The van der Waals surface area contributed by atoms with Gasteiger partial charge in [-0.25, -0.2) is 0 Å². The molecule has 0 saturated heterocycles. The molecular weight excluding hydrogens is 268 g/mol. The topological polar surface area (TPSA) is 29.9 Å². The third-order valence-electron chi connectivity index (χ3n) is 2.97. The SMILES string of the molecule is COCCCCCn1c(=S)[nH]c2ccc(Cl)cc21. The molecule has 0 fully saturated rings. The second-order valence-electron chi connectivity index (χ2n) is 4.30. The van der Waals surface area contributed by atoms with Crippen molar-refractivity contribution in [2.75, 3.05) is 13.7 Å². The van der Waals surface area contributed by atoms with E-state index in [0.29, 0.717) is 0 Å². The van der Waals surface area contributed by atoms with Gasteiger partial charge in [0.2, 0.25) is 0 Å². The third-order valence-corrected chi connectivity index (χ3v) is 3.53. The molecule has 2 rings (SSSR count). The van der Waals surface area contributed by atoms with Gasteiger partial charge in [0.15, 0.2) is 4.77 Å². The number of hydrogen-bond donors (Lipinski definition) is 1. The van der Waals surface area contributed by atoms with Gasteiger partial charge < -0.3 is 14.3 Å². The van der Waals surface area contributed by atoms with Crippen LogP contribution in [-0.4, -0.2) is 23.3 Å². The molecule has 1 aromatic carbocycles. The molecule has 98 valence electrons. The highest BCUT2D eigenvalue weighted by atomic mass is 35.5. The van der Waals surface area contributed by atoms with Crippen LogP contribution in [-0.2, 0) is 11.3 Å². The Morgan fingerprint density at radius 2 is 2.17 bits per heavy atom. The maximum atomic E-state index is 6.02. The Kier molecular flexibility index (Phi) is 4.80. The van der Waals surface area contributed by atoms with E-state index >= 15 is 0 Å². The van der Waals surface area contributed by atoms with E-state index in [2.05, 4.69) is 9.55 Å². The number of benzene rings is 1. The summed E-state index contributed by atoms with van der Waals surface area (Å²) >= 11 is 11.4. The van der Waals surface area contributed by atoms with Gasteiger partial charge in [0.25, 0.3) is 0 Å². The van der Waals surface area contributed by atoms with Crippen LogP contribution in [0.1, 0.15) is 19.3 Å². The molecule has 0 saturated carbocycles. The lowest BCUT2D eigenvalue weighted by atomic mass is 10.2. The summed E-state index contributed by atoms with van der Waals surface area (Å²) in [4.78, 5) is 3.20. The number of nitrogens with one attached hydrogen (secondary N) is 1. The van der Waals surface area contributed by atoms with Crippen molar-refractivity contribution in [1.82, 2.24) is 9.55 Å². The number of fused-ring (bicyclic) bond motifs is 1. The van der Waals surface area contributed by atoms with Crippen molar-refractivity contribution in [3.05, 3.63) is 28.0 Å². The van der Waals surface area contributed by atoms with E-state index in [0.717, 1.165) is 53.2 Å². The first-order chi connectivity index (χ1) is 8.72. The molecule has 18 heavy (non-hydrogen) atoms. The van der Waals surface area contributed by atoms with E-state index in [9.17, 15) is 0 Å². The van der Waals surface area contributed by atoms with Crippen molar-refractivity contribution in [3.63, 3.8) is 0 Å². The Labute approximate surface area is 117 Å². The van der Waals surface area contributed by atoms with Crippen LogP contribution in [0.3, 0.4) is 0 Å². The molecule has 0 radical (unpaired) electrons. The summed E-state index contributed by atoms with van der Waals surface area (Å²) in [7, 11) is 1.73. The zero-order valence-corrected chi connectivity index (χ0v) is 12.0. The standard InChI is InChI=1S/C13H17ClN2OS/c1-17-8-4-2-3-7-16-12-9-10(14)5-6-11(12)15-13(16)18/h5-6,9H,2-4,7-8H2,1H3,(H,15,18). The maximum absolute atomic E-state index is 6.02. The molecule has 0 aliphatic rings.